The standard InChI is InChI=1S/C22H23NO3/c24-21(7-3-4-8-22(25)23-26)18-12-9-17(10-13-18)20-14-11-16-5-1-2-6-19(16)15-20/h1-2,5-6,9-15,21,24,26H,3-4,7-8H2,(H,23,25). The predicted molar refractivity (Wildman–Crippen MR) is 103 cm³/mol. The zero-order valence-corrected chi connectivity index (χ0v) is 14.6. The molecule has 0 aliphatic heterocycles. The van der Waals surface area contributed by atoms with Crippen molar-refractivity contribution >= 4 is 16.7 Å². The summed E-state index contributed by atoms with van der Waals surface area (Å²) in [6.45, 7) is 0. The van der Waals surface area contributed by atoms with Gasteiger partial charge in [-0.25, -0.2) is 5.48 Å². The summed E-state index contributed by atoms with van der Waals surface area (Å²) in [6, 6.07) is 22.7. The zero-order valence-electron chi connectivity index (χ0n) is 14.6. The number of rotatable bonds is 7. The summed E-state index contributed by atoms with van der Waals surface area (Å²) in [6.07, 6.45) is 1.68. The van der Waals surface area contributed by atoms with Gasteiger partial charge in [-0.3, -0.25) is 10.0 Å². The fraction of sp³-hybridized carbons (Fsp3) is 0.227. The van der Waals surface area contributed by atoms with Gasteiger partial charge in [0.1, 0.15) is 0 Å². The number of hydroxylamine groups is 1. The number of nitrogens with one attached hydrogen (secondary N) is 1. The van der Waals surface area contributed by atoms with Gasteiger partial charge in [-0.1, -0.05) is 67.1 Å². The number of aliphatic hydroxyl groups excluding tert-OH is 1. The monoisotopic (exact) mass is 349 g/mol. The first-order valence-electron chi connectivity index (χ1n) is 8.87. The minimum absolute atomic E-state index is 0.268. The molecule has 0 heterocycles. The molecule has 4 nitrogen and oxygen atoms in total. The normalized spacial score (nSPS) is 12.1. The summed E-state index contributed by atoms with van der Waals surface area (Å²) in [5.41, 5.74) is 4.76. The van der Waals surface area contributed by atoms with Gasteiger partial charge in [0.2, 0.25) is 5.91 Å². The molecule has 0 saturated carbocycles. The lowest BCUT2D eigenvalue weighted by molar-refractivity contribution is -0.129. The Balaban J connectivity index is 1.62. The van der Waals surface area contributed by atoms with Crippen molar-refractivity contribution in [2.24, 2.45) is 0 Å². The number of aliphatic hydroxyl groups is 1. The van der Waals surface area contributed by atoms with Gasteiger partial charge in [-0.05, 0) is 46.4 Å². The fourth-order valence-electron chi connectivity index (χ4n) is 3.11. The van der Waals surface area contributed by atoms with Crippen LogP contribution in [0.1, 0.15) is 37.4 Å². The molecule has 0 fully saturated rings. The van der Waals surface area contributed by atoms with Crippen molar-refractivity contribution < 1.29 is 15.1 Å². The van der Waals surface area contributed by atoms with Crippen LogP contribution in [-0.2, 0) is 4.79 Å². The molecule has 4 heteroatoms. The van der Waals surface area contributed by atoms with E-state index in [1.165, 1.54) is 10.8 Å². The molecule has 1 unspecified atom stereocenters. The lowest BCUT2D eigenvalue weighted by atomic mass is 9.97. The Kier molecular flexibility index (Phi) is 6.00. The second kappa shape index (κ2) is 8.61. The lowest BCUT2D eigenvalue weighted by Gasteiger charge is -2.12. The number of unbranched alkanes of at least 4 members (excludes halogenated alkanes) is 1. The fourth-order valence-corrected chi connectivity index (χ4v) is 3.11. The van der Waals surface area contributed by atoms with Crippen molar-refractivity contribution in [3.05, 3.63) is 72.3 Å². The topological polar surface area (TPSA) is 69.6 Å². The average molecular weight is 349 g/mol. The largest absolute Gasteiger partial charge is 0.388 e. The van der Waals surface area contributed by atoms with Crippen LogP contribution in [0.5, 0.6) is 0 Å². The van der Waals surface area contributed by atoms with Gasteiger partial charge in [0, 0.05) is 6.42 Å². The van der Waals surface area contributed by atoms with Crippen LogP contribution in [0, 0.1) is 0 Å². The summed E-state index contributed by atoms with van der Waals surface area (Å²) in [5.74, 6) is -0.390. The molecule has 3 aromatic carbocycles. The van der Waals surface area contributed by atoms with E-state index in [0.29, 0.717) is 12.8 Å². The minimum atomic E-state index is -0.544. The highest BCUT2D eigenvalue weighted by Crippen LogP contribution is 2.27. The van der Waals surface area contributed by atoms with Crippen molar-refractivity contribution in [3.63, 3.8) is 0 Å². The molecular weight excluding hydrogens is 326 g/mol. The second-order valence-electron chi connectivity index (χ2n) is 6.48. The van der Waals surface area contributed by atoms with Gasteiger partial charge in [0.15, 0.2) is 0 Å². The van der Waals surface area contributed by atoms with E-state index < -0.39 is 6.10 Å². The van der Waals surface area contributed by atoms with Crippen LogP contribution < -0.4 is 5.48 Å². The number of benzene rings is 3. The highest BCUT2D eigenvalue weighted by molar-refractivity contribution is 5.87. The number of hydrogen-bond acceptors (Lipinski definition) is 3. The molecule has 0 saturated heterocycles. The molecule has 1 atom stereocenters. The molecule has 0 aliphatic rings. The van der Waals surface area contributed by atoms with Crippen molar-refractivity contribution in [2.45, 2.75) is 31.8 Å². The molecule has 3 aromatic rings. The van der Waals surface area contributed by atoms with E-state index in [1.807, 2.05) is 36.4 Å². The van der Waals surface area contributed by atoms with Crippen LogP contribution in [0.2, 0.25) is 0 Å². The summed E-state index contributed by atoms with van der Waals surface area (Å²) >= 11 is 0. The average Bonchev–Trinajstić information content (AvgIpc) is 2.70. The first-order chi connectivity index (χ1) is 12.7. The molecule has 134 valence electrons. The van der Waals surface area contributed by atoms with Crippen molar-refractivity contribution in [2.75, 3.05) is 0 Å². The highest BCUT2D eigenvalue weighted by atomic mass is 16.5. The molecule has 3 rings (SSSR count). The molecular formula is C22H23NO3. The second-order valence-corrected chi connectivity index (χ2v) is 6.48. The first-order valence-corrected chi connectivity index (χ1v) is 8.87. The van der Waals surface area contributed by atoms with Crippen LogP contribution in [-0.4, -0.2) is 16.2 Å². The van der Waals surface area contributed by atoms with Crippen molar-refractivity contribution in [3.8, 4) is 11.1 Å². The number of carbonyl (C=O) groups is 1. The number of carbonyl (C=O) groups excluding carboxylic acids is 1. The van der Waals surface area contributed by atoms with E-state index in [1.54, 1.807) is 5.48 Å². The van der Waals surface area contributed by atoms with Gasteiger partial charge in [0.05, 0.1) is 6.10 Å². The molecule has 26 heavy (non-hydrogen) atoms. The Morgan fingerprint density at radius 3 is 2.31 bits per heavy atom. The Bertz CT molecular complexity index is 874. The maximum atomic E-state index is 11.0. The third-order valence-electron chi connectivity index (χ3n) is 4.63. The maximum absolute atomic E-state index is 11.0. The summed E-state index contributed by atoms with van der Waals surface area (Å²) in [4.78, 5) is 11.0. The van der Waals surface area contributed by atoms with Gasteiger partial charge < -0.3 is 5.11 Å². The van der Waals surface area contributed by atoms with Crippen LogP contribution in [0.3, 0.4) is 0 Å². The van der Waals surface area contributed by atoms with E-state index >= 15 is 0 Å². The van der Waals surface area contributed by atoms with E-state index in [9.17, 15) is 9.90 Å². The number of amides is 1. The third-order valence-corrected chi connectivity index (χ3v) is 4.63. The van der Waals surface area contributed by atoms with E-state index in [4.69, 9.17) is 5.21 Å². The molecule has 0 spiro atoms. The van der Waals surface area contributed by atoms with Gasteiger partial charge in [-0.2, -0.15) is 0 Å². The molecule has 0 aromatic heterocycles. The number of hydrogen-bond donors (Lipinski definition) is 3. The highest BCUT2D eigenvalue weighted by Gasteiger charge is 2.09. The van der Waals surface area contributed by atoms with Crippen LogP contribution in [0.15, 0.2) is 66.7 Å². The Morgan fingerprint density at radius 2 is 1.58 bits per heavy atom. The van der Waals surface area contributed by atoms with E-state index in [2.05, 4.69) is 30.3 Å². The summed E-state index contributed by atoms with van der Waals surface area (Å²) in [5, 5.41) is 21.2. The quantitative estimate of drug-likeness (QED) is 0.331. The minimum Gasteiger partial charge on any atom is -0.388 e. The van der Waals surface area contributed by atoms with E-state index in [-0.39, 0.29) is 12.3 Å². The zero-order chi connectivity index (χ0) is 18.4. The van der Waals surface area contributed by atoms with Crippen LogP contribution in [0.25, 0.3) is 21.9 Å². The van der Waals surface area contributed by atoms with Crippen LogP contribution in [0.4, 0.5) is 0 Å². The van der Waals surface area contributed by atoms with Crippen LogP contribution >= 0.6 is 0 Å². The Hall–Kier alpha value is -2.69. The van der Waals surface area contributed by atoms with Gasteiger partial charge in [0.25, 0.3) is 0 Å². The SMILES string of the molecule is O=C(CCCCC(O)c1ccc(-c2ccc3ccccc3c2)cc1)NO. The van der Waals surface area contributed by atoms with Crippen molar-refractivity contribution in [1.82, 2.24) is 5.48 Å². The molecule has 1 amide bonds. The summed E-state index contributed by atoms with van der Waals surface area (Å²) < 4.78 is 0. The Morgan fingerprint density at radius 1 is 0.885 bits per heavy atom. The lowest BCUT2D eigenvalue weighted by Crippen LogP contribution is -2.17. The third kappa shape index (κ3) is 4.48. The predicted octanol–water partition coefficient (Wildman–Crippen LogP) is 4.61. The Labute approximate surface area is 153 Å². The molecule has 3 N–H and O–H groups in total. The summed E-state index contributed by atoms with van der Waals surface area (Å²) in [7, 11) is 0. The number of fused-ring (bicyclic) bond motifs is 1. The first kappa shape index (κ1) is 18.1. The van der Waals surface area contributed by atoms with Gasteiger partial charge in [-0.15, -0.1) is 0 Å². The molecule has 0 radical (unpaired) electrons. The molecule has 0 aliphatic carbocycles. The maximum Gasteiger partial charge on any atom is 0.243 e. The molecule has 0 bridgehead atoms. The smallest absolute Gasteiger partial charge is 0.243 e. The van der Waals surface area contributed by atoms with Crippen molar-refractivity contribution in [1.29, 1.82) is 0 Å². The van der Waals surface area contributed by atoms with Gasteiger partial charge >= 0.3 is 0 Å². The van der Waals surface area contributed by atoms with E-state index in [0.717, 1.165) is 23.1 Å².